The van der Waals surface area contributed by atoms with Crippen LogP contribution in [0.25, 0.3) is 0 Å². The Bertz CT molecular complexity index is 814. The molecule has 0 bridgehead atoms. The molecule has 35 heavy (non-hydrogen) atoms. The second-order valence-electron chi connectivity index (χ2n) is 9.01. The van der Waals surface area contributed by atoms with Crippen molar-refractivity contribution in [3.05, 3.63) is 0 Å². The fourth-order valence-electron chi connectivity index (χ4n) is 3.79. The quantitative estimate of drug-likeness (QED) is 0.0748. The molecule has 1 saturated heterocycles. The van der Waals surface area contributed by atoms with E-state index in [9.17, 15) is 29.1 Å². The van der Waals surface area contributed by atoms with Crippen LogP contribution in [0.15, 0.2) is 4.99 Å². The smallest absolute Gasteiger partial charge is 0.326 e. The Morgan fingerprint density at radius 3 is 2.29 bits per heavy atom. The molecule has 198 valence electrons. The number of hydrogen-bond acceptors (Lipinski definition) is 7. The number of rotatable bonds is 14. The third kappa shape index (κ3) is 10.2. The molecule has 1 aliphatic heterocycles. The first-order chi connectivity index (χ1) is 16.3. The molecular weight excluding hydrogens is 460 g/mol. The van der Waals surface area contributed by atoms with Crippen molar-refractivity contribution in [3.63, 3.8) is 0 Å². The third-order valence-electron chi connectivity index (χ3n) is 5.48. The van der Waals surface area contributed by atoms with Crippen LogP contribution in [0.3, 0.4) is 0 Å². The van der Waals surface area contributed by atoms with Gasteiger partial charge in [0, 0.05) is 13.1 Å². The van der Waals surface area contributed by atoms with E-state index in [1.807, 2.05) is 13.8 Å². The summed E-state index contributed by atoms with van der Waals surface area (Å²) in [6.07, 6.45) is 1.18. The van der Waals surface area contributed by atoms with Crippen LogP contribution in [0.5, 0.6) is 0 Å². The van der Waals surface area contributed by atoms with Crippen molar-refractivity contribution in [2.24, 2.45) is 33.8 Å². The molecule has 0 aromatic heterocycles. The van der Waals surface area contributed by atoms with Crippen LogP contribution >= 0.6 is 0 Å². The van der Waals surface area contributed by atoms with Crippen LogP contribution in [0, 0.1) is 5.92 Å². The van der Waals surface area contributed by atoms with E-state index in [2.05, 4.69) is 15.6 Å². The molecule has 0 aromatic carbocycles. The van der Waals surface area contributed by atoms with Crippen LogP contribution in [0.2, 0.25) is 0 Å². The first-order valence-electron chi connectivity index (χ1n) is 11.6. The number of aliphatic carboxylic acids is 1. The fourth-order valence-corrected chi connectivity index (χ4v) is 3.79. The summed E-state index contributed by atoms with van der Waals surface area (Å²) < 4.78 is 0. The van der Waals surface area contributed by atoms with Gasteiger partial charge in [-0.05, 0) is 38.0 Å². The molecule has 1 fully saturated rings. The number of amides is 4. The van der Waals surface area contributed by atoms with Gasteiger partial charge in [0.25, 0.3) is 0 Å². The summed E-state index contributed by atoms with van der Waals surface area (Å²) in [5.74, 6) is -4.00. The molecule has 0 saturated carbocycles. The van der Waals surface area contributed by atoms with E-state index in [0.717, 1.165) is 0 Å². The highest BCUT2D eigenvalue weighted by atomic mass is 16.4. The maximum absolute atomic E-state index is 13.2. The molecule has 1 aliphatic rings. The fraction of sp³-hybridized carbons (Fsp3) is 0.714. The average molecular weight is 499 g/mol. The predicted octanol–water partition coefficient (Wildman–Crippen LogP) is -2.67. The lowest BCUT2D eigenvalue weighted by Crippen LogP contribution is -2.57. The lowest BCUT2D eigenvalue weighted by atomic mass is 10.0. The minimum Gasteiger partial charge on any atom is -0.480 e. The van der Waals surface area contributed by atoms with E-state index < -0.39 is 60.2 Å². The maximum Gasteiger partial charge on any atom is 0.326 e. The van der Waals surface area contributed by atoms with Gasteiger partial charge in [-0.2, -0.15) is 0 Å². The molecule has 1 heterocycles. The van der Waals surface area contributed by atoms with Crippen LogP contribution < -0.4 is 33.6 Å². The maximum atomic E-state index is 13.2. The van der Waals surface area contributed by atoms with Crippen molar-refractivity contribution >= 4 is 35.6 Å². The molecule has 14 heteroatoms. The summed E-state index contributed by atoms with van der Waals surface area (Å²) in [7, 11) is 0. The van der Waals surface area contributed by atoms with E-state index in [-0.39, 0.29) is 37.8 Å². The van der Waals surface area contributed by atoms with Crippen molar-refractivity contribution in [3.8, 4) is 0 Å². The van der Waals surface area contributed by atoms with Gasteiger partial charge in [0.15, 0.2) is 5.96 Å². The van der Waals surface area contributed by atoms with Gasteiger partial charge in [-0.25, -0.2) is 4.79 Å². The number of carbonyl (C=O) groups is 5. The first-order valence-corrected chi connectivity index (χ1v) is 11.6. The summed E-state index contributed by atoms with van der Waals surface area (Å²) in [4.78, 5) is 66.7. The van der Waals surface area contributed by atoms with Crippen molar-refractivity contribution in [2.45, 2.75) is 76.5 Å². The zero-order chi connectivity index (χ0) is 26.7. The van der Waals surface area contributed by atoms with Crippen molar-refractivity contribution in [2.75, 3.05) is 13.1 Å². The molecule has 11 N–H and O–H groups in total. The molecule has 0 radical (unpaired) electrons. The molecule has 4 atom stereocenters. The van der Waals surface area contributed by atoms with Crippen molar-refractivity contribution in [1.29, 1.82) is 0 Å². The van der Waals surface area contributed by atoms with Gasteiger partial charge in [0.1, 0.15) is 18.1 Å². The summed E-state index contributed by atoms with van der Waals surface area (Å²) in [5.41, 5.74) is 21.6. The lowest BCUT2D eigenvalue weighted by molar-refractivity contribution is -0.145. The van der Waals surface area contributed by atoms with E-state index in [1.54, 1.807) is 0 Å². The highest BCUT2D eigenvalue weighted by Crippen LogP contribution is 2.20. The van der Waals surface area contributed by atoms with E-state index in [1.165, 1.54) is 4.90 Å². The Hall–Kier alpha value is -3.42. The normalized spacial score (nSPS) is 17.8. The van der Waals surface area contributed by atoms with Gasteiger partial charge in [-0.1, -0.05) is 13.8 Å². The number of hydrogen-bond donors (Lipinski definition) is 7. The number of aliphatic imine (C=N–C) groups is 1. The van der Waals surface area contributed by atoms with Gasteiger partial charge >= 0.3 is 5.97 Å². The molecule has 1 rings (SSSR count). The number of carboxylic acid groups (broad SMARTS) is 1. The average Bonchev–Trinajstić information content (AvgIpc) is 3.24. The van der Waals surface area contributed by atoms with Gasteiger partial charge in [-0.3, -0.25) is 24.2 Å². The van der Waals surface area contributed by atoms with Crippen molar-refractivity contribution < 1.29 is 29.1 Å². The van der Waals surface area contributed by atoms with Crippen LogP contribution in [-0.4, -0.2) is 82.8 Å². The Balaban J connectivity index is 2.88. The summed E-state index contributed by atoms with van der Waals surface area (Å²) in [6, 6.07) is -4.34. The summed E-state index contributed by atoms with van der Waals surface area (Å²) in [5, 5.41) is 14.3. The van der Waals surface area contributed by atoms with Crippen molar-refractivity contribution in [1.82, 2.24) is 15.5 Å². The SMILES string of the molecule is CC(C)CC(NC(=O)C1CCCN1C(=O)C(CC(N)=O)NC(=O)C(N)CCCN=C(N)N)C(=O)O. The minimum absolute atomic E-state index is 0.0246. The highest BCUT2D eigenvalue weighted by Gasteiger charge is 2.39. The lowest BCUT2D eigenvalue weighted by Gasteiger charge is -2.29. The molecule has 0 aromatic rings. The number of nitrogens with two attached hydrogens (primary N) is 4. The van der Waals surface area contributed by atoms with E-state index >= 15 is 0 Å². The standard InChI is InChI=1S/C21H38N8O6/c1-11(2)9-14(20(34)35)28-18(32)15-6-4-8-29(15)19(33)13(10-16(23)30)27-17(31)12(22)5-3-7-26-21(24)25/h11-15H,3-10,22H2,1-2H3,(H2,23,30)(H,27,31)(H,28,32)(H,34,35)(H4,24,25,26). The number of carbonyl (C=O) groups excluding carboxylic acids is 4. The van der Waals surface area contributed by atoms with E-state index in [4.69, 9.17) is 22.9 Å². The van der Waals surface area contributed by atoms with Gasteiger partial charge in [0.2, 0.25) is 23.6 Å². The summed E-state index contributed by atoms with van der Waals surface area (Å²) in [6.45, 7) is 4.13. The Morgan fingerprint density at radius 1 is 1.09 bits per heavy atom. The number of likely N-dealkylation sites (tertiary alicyclic amines) is 1. The predicted molar refractivity (Wildman–Crippen MR) is 127 cm³/mol. The van der Waals surface area contributed by atoms with Gasteiger partial charge in [-0.15, -0.1) is 0 Å². The van der Waals surface area contributed by atoms with Crippen LogP contribution in [0.1, 0.15) is 52.4 Å². The second-order valence-corrected chi connectivity index (χ2v) is 9.01. The topological polar surface area (TPSA) is 249 Å². The molecule has 0 aliphatic carbocycles. The van der Waals surface area contributed by atoms with E-state index in [0.29, 0.717) is 19.3 Å². The van der Waals surface area contributed by atoms with Gasteiger partial charge < -0.3 is 43.6 Å². The van der Waals surface area contributed by atoms with Crippen LogP contribution in [0.4, 0.5) is 0 Å². The number of carboxylic acids is 1. The number of nitrogens with one attached hydrogen (secondary N) is 2. The second kappa shape index (κ2) is 14.1. The third-order valence-corrected chi connectivity index (χ3v) is 5.48. The molecule has 4 amide bonds. The molecule has 14 nitrogen and oxygen atoms in total. The zero-order valence-electron chi connectivity index (χ0n) is 20.2. The largest absolute Gasteiger partial charge is 0.480 e. The highest BCUT2D eigenvalue weighted by molar-refractivity contribution is 5.96. The first kappa shape index (κ1) is 29.6. The minimum atomic E-state index is -1.32. The molecular formula is C21H38N8O6. The Morgan fingerprint density at radius 2 is 1.74 bits per heavy atom. The molecule has 0 spiro atoms. The molecule has 4 unspecified atom stereocenters. The number of primary amides is 1. The number of nitrogens with zero attached hydrogens (tertiary/aromatic N) is 2. The monoisotopic (exact) mass is 498 g/mol. The van der Waals surface area contributed by atoms with Gasteiger partial charge in [0.05, 0.1) is 12.5 Å². The Labute approximate surface area is 204 Å². The van der Waals surface area contributed by atoms with Crippen LogP contribution in [-0.2, 0) is 24.0 Å². The zero-order valence-corrected chi connectivity index (χ0v) is 20.2. The number of guanidine groups is 1. The summed E-state index contributed by atoms with van der Waals surface area (Å²) >= 11 is 0. The Kier molecular flexibility index (Phi) is 11.9.